The number of benzene rings is 2. The quantitative estimate of drug-likeness (QED) is 0.0409. The van der Waals surface area contributed by atoms with Crippen molar-refractivity contribution in [3.8, 4) is 0 Å². The zero-order valence-electron chi connectivity index (χ0n) is 38.7. The highest BCUT2D eigenvalue weighted by Gasteiger charge is 2.68. The molecule has 1 aliphatic heterocycles. The molecule has 3 aliphatic carbocycles. The third-order valence-electron chi connectivity index (χ3n) is 15.3. The van der Waals surface area contributed by atoms with Crippen molar-refractivity contribution in [2.45, 2.75) is 115 Å². The van der Waals surface area contributed by atoms with Crippen molar-refractivity contribution in [3.05, 3.63) is 142 Å². The van der Waals surface area contributed by atoms with Gasteiger partial charge in [0.1, 0.15) is 6.29 Å². The van der Waals surface area contributed by atoms with Gasteiger partial charge < -0.3 is 35.8 Å². The molecule has 4 aliphatic rings. The van der Waals surface area contributed by atoms with Gasteiger partial charge in [0, 0.05) is 49.7 Å². The van der Waals surface area contributed by atoms with E-state index >= 15 is 0 Å². The Morgan fingerprint density at radius 3 is 2.62 bits per heavy atom. The maximum absolute atomic E-state index is 13.1. The van der Waals surface area contributed by atoms with E-state index in [1.807, 2.05) is 44.3 Å². The van der Waals surface area contributed by atoms with E-state index in [9.17, 15) is 25.2 Å². The molecule has 2 fully saturated rings. The third-order valence-corrected chi connectivity index (χ3v) is 15.3. The standard InChI is InChI=1S/C55H76N2O6/c1-38-18-20-45(33-42-15-11-16-43(32-42)34-53(4,57-36-38)28-31-63-6)39(2)12-10-17-47(49(60)23-19-41-13-8-7-9-14-41)48-24-26-55(52(48)61)51-44(25-30-58)21-22-46(50(51)40(3)37-59)35-54(55,62)27-29-56-5/h7-18,21-22,32,37,44-46,48-49,51-52,56-58,60-62H,2,19-20,23-31,33-36H2,1,3-6H3/t44-,45-,46-,48+,49+,51+,52+,53-,54+,55+/m0/s1. The van der Waals surface area contributed by atoms with Crippen LogP contribution in [0.5, 0.6) is 0 Å². The first-order valence-electron chi connectivity index (χ1n) is 23.6. The summed E-state index contributed by atoms with van der Waals surface area (Å²) >= 11 is 0. The molecule has 4 bridgehead atoms. The minimum Gasteiger partial charge on any atom is -0.396 e. The van der Waals surface area contributed by atoms with Crippen molar-refractivity contribution < 1.29 is 30.0 Å². The molecule has 1 heterocycles. The molecule has 1 spiro atoms. The van der Waals surface area contributed by atoms with Gasteiger partial charge in [-0.3, -0.25) is 4.79 Å². The van der Waals surface area contributed by atoms with Gasteiger partial charge in [-0.1, -0.05) is 114 Å². The molecular weight excluding hydrogens is 785 g/mol. The summed E-state index contributed by atoms with van der Waals surface area (Å²) in [5.74, 6) is -0.934. The molecule has 0 saturated heterocycles. The first-order chi connectivity index (χ1) is 30.3. The van der Waals surface area contributed by atoms with Crippen LogP contribution in [0, 0.1) is 35.0 Å². The molecule has 0 unspecified atom stereocenters. The number of fused-ring (bicyclic) bond motifs is 5. The average molecular weight is 861 g/mol. The Balaban J connectivity index is 1.35. The van der Waals surface area contributed by atoms with Gasteiger partial charge >= 0.3 is 0 Å². The lowest BCUT2D eigenvalue weighted by molar-refractivity contribution is -0.194. The number of aliphatic hydroxyl groups excluding tert-OH is 3. The van der Waals surface area contributed by atoms with Crippen molar-refractivity contribution in [1.82, 2.24) is 10.6 Å². The Labute approximate surface area is 378 Å². The minimum absolute atomic E-state index is 0.0425. The number of allylic oxidation sites excluding steroid dienone is 9. The topological polar surface area (TPSA) is 131 Å². The van der Waals surface area contributed by atoms with Crippen LogP contribution in [0.1, 0.15) is 88.8 Å². The molecule has 63 heavy (non-hydrogen) atoms. The Morgan fingerprint density at radius 1 is 1.11 bits per heavy atom. The third kappa shape index (κ3) is 11.0. The molecule has 6 rings (SSSR count). The SMILES string of the molecule is C=C(C=CC=C([C@H](O)CCc1ccccc1)[C@H]1CC[C@]2([C@@H]1O)[C@H]1C(=C(C)C=O)[C@@H](C=C[C@H]1CCO)C[C@]2(O)CCNC)[C@H]1CC=C(C)CN[C@@](C)(CCOC)Cc2cccc(c2)C1. The number of carbonyl (C=O) groups is 1. The Bertz CT molecular complexity index is 2020. The second kappa shape index (κ2) is 22.0. The van der Waals surface area contributed by atoms with E-state index in [1.54, 1.807) is 7.11 Å². The number of hydrogen-bond acceptors (Lipinski definition) is 8. The number of hydrogen-bond donors (Lipinski definition) is 6. The summed E-state index contributed by atoms with van der Waals surface area (Å²) in [6.07, 6.45) is 18.8. The summed E-state index contributed by atoms with van der Waals surface area (Å²) < 4.78 is 5.48. The molecule has 2 saturated carbocycles. The van der Waals surface area contributed by atoms with Crippen molar-refractivity contribution in [2.24, 2.45) is 35.0 Å². The van der Waals surface area contributed by atoms with Gasteiger partial charge in [0.2, 0.25) is 0 Å². The highest BCUT2D eigenvalue weighted by Crippen LogP contribution is 2.67. The number of ether oxygens (including phenoxy) is 1. The van der Waals surface area contributed by atoms with E-state index < -0.39 is 29.1 Å². The zero-order valence-corrected chi connectivity index (χ0v) is 38.7. The van der Waals surface area contributed by atoms with Crippen LogP contribution in [0.3, 0.4) is 0 Å². The fourth-order valence-electron chi connectivity index (χ4n) is 11.9. The molecule has 2 aromatic rings. The van der Waals surface area contributed by atoms with E-state index in [2.05, 4.69) is 91.8 Å². The van der Waals surface area contributed by atoms with Gasteiger partial charge in [-0.2, -0.15) is 0 Å². The normalized spacial score (nSPS) is 32.5. The van der Waals surface area contributed by atoms with Gasteiger partial charge in [0.05, 0.1) is 17.8 Å². The van der Waals surface area contributed by atoms with Crippen LogP contribution < -0.4 is 10.6 Å². The van der Waals surface area contributed by atoms with Crippen LogP contribution in [0.15, 0.2) is 125 Å². The summed E-state index contributed by atoms with van der Waals surface area (Å²) in [4.78, 5) is 12.5. The summed E-state index contributed by atoms with van der Waals surface area (Å²) in [6.45, 7) is 13.0. The molecular formula is C55H76N2O6. The molecule has 8 nitrogen and oxygen atoms in total. The van der Waals surface area contributed by atoms with E-state index in [1.165, 1.54) is 16.7 Å². The number of aryl methyl sites for hydroxylation is 1. The lowest BCUT2D eigenvalue weighted by atomic mass is 9.45. The van der Waals surface area contributed by atoms with Gasteiger partial charge in [0.25, 0.3) is 0 Å². The van der Waals surface area contributed by atoms with Gasteiger partial charge in [-0.25, -0.2) is 0 Å². The van der Waals surface area contributed by atoms with Gasteiger partial charge in [-0.15, -0.1) is 0 Å². The highest BCUT2D eigenvalue weighted by atomic mass is 16.5. The second-order valence-corrected chi connectivity index (χ2v) is 19.6. The molecule has 342 valence electrons. The number of carbonyl (C=O) groups excluding carboxylic acids is 1. The van der Waals surface area contributed by atoms with Crippen LogP contribution in [-0.4, -0.2) is 90.5 Å². The number of methoxy groups -OCH3 is 1. The predicted octanol–water partition coefficient (Wildman–Crippen LogP) is 7.97. The maximum atomic E-state index is 13.1. The van der Waals surface area contributed by atoms with Crippen LogP contribution in [0.2, 0.25) is 0 Å². The molecule has 6 N–H and O–H groups in total. The van der Waals surface area contributed by atoms with Crippen LogP contribution in [0.4, 0.5) is 0 Å². The molecule has 2 aromatic carbocycles. The Kier molecular flexibility index (Phi) is 17.0. The Hall–Kier alpha value is -3.73. The van der Waals surface area contributed by atoms with Crippen LogP contribution in [0.25, 0.3) is 0 Å². The minimum atomic E-state index is -1.26. The van der Waals surface area contributed by atoms with Crippen molar-refractivity contribution in [2.75, 3.05) is 40.5 Å². The molecule has 0 aromatic heterocycles. The van der Waals surface area contributed by atoms with Gasteiger partial charge in [-0.05, 0) is 151 Å². The van der Waals surface area contributed by atoms with Gasteiger partial charge in [0.15, 0.2) is 0 Å². The predicted molar refractivity (Wildman–Crippen MR) is 255 cm³/mol. The summed E-state index contributed by atoms with van der Waals surface area (Å²) in [5.41, 5.74) is 6.00. The van der Waals surface area contributed by atoms with E-state index in [-0.39, 0.29) is 35.8 Å². The summed E-state index contributed by atoms with van der Waals surface area (Å²) in [6, 6.07) is 19.1. The highest BCUT2D eigenvalue weighted by molar-refractivity contribution is 5.74. The lowest BCUT2D eigenvalue weighted by Gasteiger charge is -2.61. The van der Waals surface area contributed by atoms with Crippen LogP contribution >= 0.6 is 0 Å². The Morgan fingerprint density at radius 2 is 1.89 bits per heavy atom. The number of aldehydes is 1. The first kappa shape index (κ1) is 48.7. The first-order valence-corrected chi connectivity index (χ1v) is 23.6. The van der Waals surface area contributed by atoms with Crippen molar-refractivity contribution in [1.29, 1.82) is 0 Å². The lowest BCUT2D eigenvalue weighted by Crippen LogP contribution is -2.65. The van der Waals surface area contributed by atoms with E-state index in [0.29, 0.717) is 63.7 Å². The fourth-order valence-corrected chi connectivity index (χ4v) is 11.9. The summed E-state index contributed by atoms with van der Waals surface area (Å²) in [5, 5.41) is 55.9. The average Bonchev–Trinajstić information content (AvgIpc) is 3.62. The van der Waals surface area contributed by atoms with Crippen molar-refractivity contribution in [3.63, 3.8) is 0 Å². The van der Waals surface area contributed by atoms with E-state index in [4.69, 9.17) is 4.74 Å². The number of rotatable bonds is 17. The van der Waals surface area contributed by atoms with Crippen molar-refractivity contribution >= 4 is 6.29 Å². The van der Waals surface area contributed by atoms with Crippen LogP contribution in [-0.2, 0) is 28.8 Å². The molecule has 8 heteroatoms. The monoisotopic (exact) mass is 861 g/mol. The molecule has 0 radical (unpaired) electrons. The largest absolute Gasteiger partial charge is 0.396 e. The fraction of sp³-hybridized carbons (Fsp3) is 0.545. The maximum Gasteiger partial charge on any atom is 0.145 e. The molecule has 10 atom stereocenters. The smallest absolute Gasteiger partial charge is 0.145 e. The summed E-state index contributed by atoms with van der Waals surface area (Å²) in [7, 11) is 3.64. The zero-order chi connectivity index (χ0) is 45.2. The second-order valence-electron chi connectivity index (χ2n) is 19.6. The number of aliphatic hydroxyl groups is 4. The molecule has 0 amide bonds. The number of nitrogens with one attached hydrogen (secondary N) is 2. The van der Waals surface area contributed by atoms with E-state index in [0.717, 1.165) is 60.8 Å².